The summed E-state index contributed by atoms with van der Waals surface area (Å²) in [6.07, 6.45) is 3.99. The first-order chi connectivity index (χ1) is 13.7. The molecule has 0 aromatic heterocycles. The van der Waals surface area contributed by atoms with Crippen molar-refractivity contribution >= 4 is 17.3 Å². The zero-order chi connectivity index (χ0) is 19.7. The van der Waals surface area contributed by atoms with Crippen molar-refractivity contribution in [3.05, 3.63) is 64.7 Å². The zero-order valence-electron chi connectivity index (χ0n) is 16.2. The van der Waals surface area contributed by atoms with Gasteiger partial charge in [-0.25, -0.2) is 0 Å². The van der Waals surface area contributed by atoms with Crippen LogP contribution in [0.3, 0.4) is 0 Å². The summed E-state index contributed by atoms with van der Waals surface area (Å²) in [6.45, 7) is 4.04. The number of benzene rings is 2. The van der Waals surface area contributed by atoms with E-state index >= 15 is 0 Å². The largest absolute Gasteiger partial charge is 0.383 e. The third kappa shape index (κ3) is 6.24. The van der Waals surface area contributed by atoms with E-state index in [0.29, 0.717) is 11.6 Å². The van der Waals surface area contributed by atoms with Crippen LogP contribution in [0.4, 0.5) is 5.69 Å². The summed E-state index contributed by atoms with van der Waals surface area (Å²) >= 11 is 6.24. The van der Waals surface area contributed by atoms with Gasteiger partial charge in [-0.3, -0.25) is 0 Å². The molecular formula is C23H28ClN3O. The maximum atomic E-state index is 9.38. The summed E-state index contributed by atoms with van der Waals surface area (Å²) in [5, 5.41) is 16.9. The first-order valence-electron chi connectivity index (χ1n) is 10.0. The van der Waals surface area contributed by atoms with E-state index in [1.165, 1.54) is 0 Å². The summed E-state index contributed by atoms with van der Waals surface area (Å²) in [5.41, 5.74) is 3.05. The Balaban J connectivity index is 1.24. The molecule has 0 atom stereocenters. The van der Waals surface area contributed by atoms with Crippen molar-refractivity contribution in [2.75, 3.05) is 31.6 Å². The Morgan fingerprint density at radius 3 is 2.61 bits per heavy atom. The maximum absolute atomic E-state index is 9.38. The lowest BCUT2D eigenvalue weighted by Gasteiger charge is -2.11. The minimum atomic E-state index is -0.285. The molecule has 4 nitrogen and oxygen atoms in total. The molecule has 3 rings (SSSR count). The summed E-state index contributed by atoms with van der Waals surface area (Å²) in [6, 6.07) is 18.6. The molecule has 1 aliphatic carbocycles. The number of anilines is 1. The third-order valence-corrected chi connectivity index (χ3v) is 5.26. The molecule has 2 aromatic rings. The van der Waals surface area contributed by atoms with Crippen molar-refractivity contribution in [3.8, 4) is 6.07 Å². The van der Waals surface area contributed by atoms with Crippen LogP contribution in [-0.2, 0) is 16.7 Å². The molecule has 0 saturated heterocycles. The fourth-order valence-corrected chi connectivity index (χ4v) is 3.49. The molecule has 2 aromatic carbocycles. The third-order valence-electron chi connectivity index (χ3n) is 5.04. The zero-order valence-corrected chi connectivity index (χ0v) is 17.0. The van der Waals surface area contributed by atoms with Crippen LogP contribution in [0.2, 0.25) is 5.02 Å². The van der Waals surface area contributed by atoms with E-state index in [1.807, 2.05) is 30.3 Å². The second kappa shape index (κ2) is 10.5. The Morgan fingerprint density at radius 1 is 1.04 bits per heavy atom. The van der Waals surface area contributed by atoms with Crippen LogP contribution in [0, 0.1) is 11.3 Å². The summed E-state index contributed by atoms with van der Waals surface area (Å²) in [7, 11) is 0. The van der Waals surface area contributed by atoms with E-state index in [9.17, 15) is 5.26 Å². The Labute approximate surface area is 172 Å². The highest BCUT2D eigenvalue weighted by Gasteiger charge is 2.45. The van der Waals surface area contributed by atoms with Gasteiger partial charge in [0.25, 0.3) is 0 Å². The number of halogens is 1. The van der Waals surface area contributed by atoms with Gasteiger partial charge in [0.15, 0.2) is 0 Å². The van der Waals surface area contributed by atoms with E-state index < -0.39 is 0 Å². The monoisotopic (exact) mass is 397 g/mol. The summed E-state index contributed by atoms with van der Waals surface area (Å²) in [4.78, 5) is 0. The van der Waals surface area contributed by atoms with Gasteiger partial charge in [0.05, 0.1) is 18.1 Å². The minimum Gasteiger partial charge on any atom is -0.383 e. The van der Waals surface area contributed by atoms with Crippen molar-refractivity contribution in [1.82, 2.24) is 5.32 Å². The molecule has 1 aliphatic rings. The van der Waals surface area contributed by atoms with Crippen LogP contribution < -0.4 is 10.6 Å². The van der Waals surface area contributed by atoms with Crippen molar-refractivity contribution in [3.63, 3.8) is 0 Å². The van der Waals surface area contributed by atoms with Crippen LogP contribution >= 0.6 is 11.6 Å². The molecule has 28 heavy (non-hydrogen) atoms. The number of nitrogens with one attached hydrogen (secondary N) is 2. The fourth-order valence-electron chi connectivity index (χ4n) is 3.23. The Bertz CT molecular complexity index is 784. The summed E-state index contributed by atoms with van der Waals surface area (Å²) < 4.78 is 5.67. The fraction of sp³-hybridized carbons (Fsp3) is 0.435. The molecule has 5 heteroatoms. The number of hydrogen-bond donors (Lipinski definition) is 2. The van der Waals surface area contributed by atoms with E-state index in [-0.39, 0.29) is 5.41 Å². The molecule has 0 heterocycles. The van der Waals surface area contributed by atoms with Crippen LogP contribution in [0.15, 0.2) is 48.5 Å². The van der Waals surface area contributed by atoms with Crippen LogP contribution in [-0.4, -0.2) is 26.3 Å². The maximum Gasteiger partial charge on any atom is 0.0824 e. The molecule has 148 valence electrons. The highest BCUT2D eigenvalue weighted by molar-refractivity contribution is 6.30. The van der Waals surface area contributed by atoms with E-state index in [0.717, 1.165) is 68.7 Å². The average Bonchev–Trinajstić information content (AvgIpc) is 3.51. The van der Waals surface area contributed by atoms with Gasteiger partial charge in [-0.2, -0.15) is 5.26 Å². The van der Waals surface area contributed by atoms with E-state index in [4.69, 9.17) is 16.3 Å². The molecule has 0 unspecified atom stereocenters. The minimum absolute atomic E-state index is 0.285. The number of hydrogen-bond acceptors (Lipinski definition) is 4. The van der Waals surface area contributed by atoms with Crippen molar-refractivity contribution < 1.29 is 4.74 Å². The van der Waals surface area contributed by atoms with Gasteiger partial charge < -0.3 is 15.4 Å². The Hall–Kier alpha value is -2.06. The second-order valence-electron chi connectivity index (χ2n) is 7.33. The number of unbranched alkanes of at least 4 members (excludes halogenated alkanes) is 1. The molecular weight excluding hydrogens is 370 g/mol. The van der Waals surface area contributed by atoms with Crippen molar-refractivity contribution in [2.45, 2.75) is 37.6 Å². The molecule has 1 saturated carbocycles. The van der Waals surface area contributed by atoms with Gasteiger partial charge in [-0.1, -0.05) is 35.9 Å². The molecule has 0 amide bonds. The van der Waals surface area contributed by atoms with Gasteiger partial charge >= 0.3 is 0 Å². The van der Waals surface area contributed by atoms with Crippen molar-refractivity contribution in [1.29, 1.82) is 5.26 Å². The van der Waals surface area contributed by atoms with Gasteiger partial charge in [-0.05, 0) is 67.6 Å². The number of nitrogens with zero attached hydrogens (tertiary/aromatic N) is 1. The Kier molecular flexibility index (Phi) is 7.73. The van der Waals surface area contributed by atoms with Gasteiger partial charge in [0.2, 0.25) is 0 Å². The molecule has 0 spiro atoms. The summed E-state index contributed by atoms with van der Waals surface area (Å²) in [5.74, 6) is 0. The van der Waals surface area contributed by atoms with Crippen LogP contribution in [0.1, 0.15) is 36.8 Å². The predicted octanol–water partition coefficient (Wildman–Crippen LogP) is 4.89. The average molecular weight is 398 g/mol. The van der Waals surface area contributed by atoms with E-state index in [1.54, 1.807) is 0 Å². The molecule has 0 bridgehead atoms. The quantitative estimate of drug-likeness (QED) is 0.500. The molecule has 1 fully saturated rings. The highest BCUT2D eigenvalue weighted by Crippen LogP contribution is 2.48. The first kappa shape index (κ1) is 20.7. The van der Waals surface area contributed by atoms with Gasteiger partial charge in [-0.15, -0.1) is 0 Å². The number of para-hydroxylation sites is 1. The van der Waals surface area contributed by atoms with Crippen LogP contribution in [0.5, 0.6) is 0 Å². The normalized spacial score (nSPS) is 14.4. The molecule has 2 N–H and O–H groups in total. The van der Waals surface area contributed by atoms with Crippen LogP contribution in [0.25, 0.3) is 0 Å². The van der Waals surface area contributed by atoms with Gasteiger partial charge in [0, 0.05) is 30.4 Å². The smallest absolute Gasteiger partial charge is 0.0824 e. The standard InChI is InChI=1S/C23H28ClN3O/c24-21-15-19(14-20(16-21)23(18-25)8-9-23)17-26-10-4-5-12-28-13-11-27-22-6-2-1-3-7-22/h1-3,6-7,14-16,26-27H,4-5,8-13,17H2. The lowest BCUT2D eigenvalue weighted by atomic mass is 9.96. The highest BCUT2D eigenvalue weighted by atomic mass is 35.5. The lowest BCUT2D eigenvalue weighted by molar-refractivity contribution is 0.140. The Morgan fingerprint density at radius 2 is 1.86 bits per heavy atom. The van der Waals surface area contributed by atoms with Gasteiger partial charge in [0.1, 0.15) is 0 Å². The SMILES string of the molecule is N#CC1(c2cc(Cl)cc(CNCCCCOCCNc3ccccc3)c2)CC1. The topological polar surface area (TPSA) is 57.1 Å². The lowest BCUT2D eigenvalue weighted by Crippen LogP contribution is -2.16. The number of nitriles is 1. The molecule has 0 aliphatic heterocycles. The number of ether oxygens (including phenoxy) is 1. The predicted molar refractivity (Wildman–Crippen MR) is 115 cm³/mol. The number of rotatable bonds is 12. The van der Waals surface area contributed by atoms with Crippen molar-refractivity contribution in [2.24, 2.45) is 0 Å². The molecule has 0 radical (unpaired) electrons. The van der Waals surface area contributed by atoms with E-state index in [2.05, 4.69) is 34.9 Å². The second-order valence-corrected chi connectivity index (χ2v) is 7.77. The first-order valence-corrected chi connectivity index (χ1v) is 10.4.